The minimum absolute atomic E-state index is 0.135. The minimum atomic E-state index is -4.82. The Labute approximate surface area is 205 Å². The quantitative estimate of drug-likeness (QED) is 0.387. The first-order chi connectivity index (χ1) is 17.1. The van der Waals surface area contributed by atoms with Crippen LogP contribution in [0.5, 0.6) is 5.88 Å². The van der Waals surface area contributed by atoms with Gasteiger partial charge in [0.2, 0.25) is 12.2 Å². The summed E-state index contributed by atoms with van der Waals surface area (Å²) in [7, 11) is 0. The Morgan fingerprint density at radius 3 is 2.17 bits per heavy atom. The van der Waals surface area contributed by atoms with Crippen LogP contribution in [0, 0.1) is 0 Å². The summed E-state index contributed by atoms with van der Waals surface area (Å²) >= 11 is 0. The zero-order valence-corrected chi connectivity index (χ0v) is 19.3. The van der Waals surface area contributed by atoms with Crippen LogP contribution in [0.15, 0.2) is 54.6 Å². The van der Waals surface area contributed by atoms with Crippen LogP contribution in [0.25, 0.3) is 5.69 Å². The molecule has 2 aromatic carbocycles. The number of hydrogen-bond acceptors (Lipinski definition) is 7. The number of aliphatic hydroxyl groups excluding tert-OH is 4. The van der Waals surface area contributed by atoms with E-state index in [1.165, 1.54) is 12.1 Å². The molecule has 0 saturated carbocycles. The van der Waals surface area contributed by atoms with E-state index in [9.17, 15) is 33.6 Å². The number of aryl methyl sites for hydroxylation is 1. The van der Waals surface area contributed by atoms with E-state index >= 15 is 0 Å². The first-order valence-electron chi connectivity index (χ1n) is 11.4. The molecule has 0 amide bonds. The highest BCUT2D eigenvalue weighted by Crippen LogP contribution is 2.40. The standard InChI is InChI=1S/C25H27F3N2O6/c1-2-14-8-10-15(11-9-14)12-17-22(25(26,27)28)30(16-6-4-3-5-7-16)29-23(17)36-24-21(34)20(33)19(32)18(13-31)35-24/h3-11,18-21,24,31-34H,2,12-13H2,1H3/t18-,19-,20+,21-,24-/m1/s1. The third-order valence-corrected chi connectivity index (χ3v) is 6.10. The average molecular weight is 508 g/mol. The zero-order chi connectivity index (χ0) is 26.0. The molecular formula is C25H27F3N2O6. The van der Waals surface area contributed by atoms with Gasteiger partial charge < -0.3 is 29.9 Å². The van der Waals surface area contributed by atoms with E-state index in [4.69, 9.17) is 9.47 Å². The van der Waals surface area contributed by atoms with E-state index in [1.807, 2.05) is 19.1 Å². The predicted octanol–water partition coefficient (Wildman–Crippen LogP) is 2.22. The van der Waals surface area contributed by atoms with E-state index in [2.05, 4.69) is 5.10 Å². The van der Waals surface area contributed by atoms with Gasteiger partial charge in [-0.25, -0.2) is 4.68 Å². The van der Waals surface area contributed by atoms with Gasteiger partial charge in [-0.15, -0.1) is 5.10 Å². The Bertz CT molecular complexity index is 1150. The van der Waals surface area contributed by atoms with Gasteiger partial charge in [0.25, 0.3) is 0 Å². The van der Waals surface area contributed by atoms with E-state index in [0.29, 0.717) is 5.56 Å². The summed E-state index contributed by atoms with van der Waals surface area (Å²) in [4.78, 5) is 0. The Balaban J connectivity index is 1.81. The maximum Gasteiger partial charge on any atom is 0.433 e. The van der Waals surface area contributed by atoms with Gasteiger partial charge >= 0.3 is 6.18 Å². The number of aliphatic hydroxyl groups is 4. The fourth-order valence-corrected chi connectivity index (χ4v) is 4.10. The second-order valence-electron chi connectivity index (χ2n) is 8.54. The monoisotopic (exact) mass is 508 g/mol. The molecule has 1 aromatic heterocycles. The van der Waals surface area contributed by atoms with E-state index < -0.39 is 55.1 Å². The van der Waals surface area contributed by atoms with Crippen LogP contribution in [0.2, 0.25) is 0 Å². The maximum atomic E-state index is 14.4. The largest absolute Gasteiger partial charge is 0.443 e. The van der Waals surface area contributed by atoms with Crippen molar-refractivity contribution in [3.63, 3.8) is 0 Å². The molecule has 1 fully saturated rings. The highest BCUT2D eigenvalue weighted by Gasteiger charge is 2.46. The van der Waals surface area contributed by atoms with Crippen molar-refractivity contribution in [3.8, 4) is 11.6 Å². The molecule has 0 spiro atoms. The maximum absolute atomic E-state index is 14.4. The Hall–Kier alpha value is -2.96. The minimum Gasteiger partial charge on any atom is -0.443 e. The summed E-state index contributed by atoms with van der Waals surface area (Å²) in [6, 6.07) is 14.8. The van der Waals surface area contributed by atoms with Gasteiger partial charge in [0.05, 0.1) is 17.9 Å². The molecule has 3 aromatic rings. The van der Waals surface area contributed by atoms with Crippen molar-refractivity contribution in [2.24, 2.45) is 0 Å². The lowest BCUT2D eigenvalue weighted by atomic mass is 9.99. The summed E-state index contributed by atoms with van der Waals surface area (Å²) in [6.45, 7) is 1.25. The molecule has 0 radical (unpaired) electrons. The Morgan fingerprint density at radius 2 is 1.58 bits per heavy atom. The highest BCUT2D eigenvalue weighted by atomic mass is 19.4. The second kappa shape index (κ2) is 10.6. The number of hydrogen-bond donors (Lipinski definition) is 4. The number of benzene rings is 2. The second-order valence-corrected chi connectivity index (χ2v) is 8.54. The number of para-hydroxylation sites is 1. The third kappa shape index (κ3) is 5.25. The van der Waals surface area contributed by atoms with Crippen LogP contribution >= 0.6 is 0 Å². The molecule has 0 bridgehead atoms. The molecule has 2 heterocycles. The molecule has 4 N–H and O–H groups in total. The molecule has 1 aliphatic heterocycles. The summed E-state index contributed by atoms with van der Waals surface area (Å²) in [5, 5.41) is 44.0. The summed E-state index contributed by atoms with van der Waals surface area (Å²) in [5.41, 5.74) is 0.369. The van der Waals surface area contributed by atoms with Gasteiger partial charge in [0.15, 0.2) is 5.69 Å². The molecule has 36 heavy (non-hydrogen) atoms. The lowest BCUT2D eigenvalue weighted by Gasteiger charge is -2.39. The molecule has 194 valence electrons. The highest BCUT2D eigenvalue weighted by molar-refractivity contribution is 5.44. The molecule has 1 aliphatic rings. The number of ether oxygens (including phenoxy) is 2. The topological polar surface area (TPSA) is 117 Å². The van der Waals surface area contributed by atoms with Crippen LogP contribution < -0.4 is 4.74 Å². The zero-order valence-electron chi connectivity index (χ0n) is 19.3. The van der Waals surface area contributed by atoms with Crippen LogP contribution in [-0.4, -0.2) is 67.5 Å². The van der Waals surface area contributed by atoms with E-state index in [0.717, 1.165) is 16.7 Å². The van der Waals surface area contributed by atoms with Crippen molar-refractivity contribution in [2.75, 3.05) is 6.61 Å². The van der Waals surface area contributed by atoms with Crippen molar-refractivity contribution in [3.05, 3.63) is 77.0 Å². The van der Waals surface area contributed by atoms with Crippen LogP contribution in [0.1, 0.15) is 29.3 Å². The van der Waals surface area contributed by atoms with E-state index in [-0.39, 0.29) is 17.7 Å². The Kier molecular flexibility index (Phi) is 7.67. The lowest BCUT2D eigenvalue weighted by molar-refractivity contribution is -0.278. The smallest absolute Gasteiger partial charge is 0.433 e. The van der Waals surface area contributed by atoms with Gasteiger partial charge in [-0.1, -0.05) is 49.4 Å². The van der Waals surface area contributed by atoms with Crippen LogP contribution in [0.4, 0.5) is 13.2 Å². The SMILES string of the molecule is CCc1ccc(Cc2c(O[C@H]3O[C@H](CO)[C@@H](O)[C@H](O)[C@H]3O)nn(-c3ccccc3)c2C(F)(F)F)cc1. The molecule has 4 rings (SSSR count). The number of halogens is 3. The number of alkyl halides is 3. The molecule has 5 atom stereocenters. The van der Waals surface area contributed by atoms with Gasteiger partial charge in [0, 0.05) is 6.42 Å². The van der Waals surface area contributed by atoms with Crippen molar-refractivity contribution < 1.29 is 43.1 Å². The number of rotatable bonds is 7. The van der Waals surface area contributed by atoms with Crippen molar-refractivity contribution >= 4 is 0 Å². The molecular weight excluding hydrogens is 481 g/mol. The van der Waals surface area contributed by atoms with Gasteiger partial charge in [-0.2, -0.15) is 13.2 Å². The predicted molar refractivity (Wildman–Crippen MR) is 122 cm³/mol. The first kappa shape index (κ1) is 26.1. The summed E-state index contributed by atoms with van der Waals surface area (Å²) in [6.07, 6.45) is -12.4. The number of nitrogens with zero attached hydrogens (tertiary/aromatic N) is 2. The molecule has 8 nitrogen and oxygen atoms in total. The summed E-state index contributed by atoms with van der Waals surface area (Å²) in [5.74, 6) is -0.463. The van der Waals surface area contributed by atoms with Crippen molar-refractivity contribution in [1.29, 1.82) is 0 Å². The number of aromatic nitrogens is 2. The van der Waals surface area contributed by atoms with Gasteiger partial charge in [0.1, 0.15) is 24.4 Å². The fourth-order valence-electron chi connectivity index (χ4n) is 4.10. The third-order valence-electron chi connectivity index (χ3n) is 6.10. The Morgan fingerprint density at radius 1 is 0.944 bits per heavy atom. The van der Waals surface area contributed by atoms with Gasteiger partial charge in [-0.05, 0) is 29.7 Å². The molecule has 0 aliphatic carbocycles. The fraction of sp³-hybridized carbons (Fsp3) is 0.400. The van der Waals surface area contributed by atoms with Gasteiger partial charge in [-0.3, -0.25) is 0 Å². The summed E-state index contributed by atoms with van der Waals surface area (Å²) < 4.78 is 54.9. The molecule has 11 heteroatoms. The van der Waals surface area contributed by atoms with Crippen molar-refractivity contribution in [1.82, 2.24) is 9.78 Å². The first-order valence-corrected chi connectivity index (χ1v) is 11.4. The van der Waals surface area contributed by atoms with Crippen molar-refractivity contribution in [2.45, 2.75) is 56.6 Å². The average Bonchev–Trinajstić information content (AvgIpc) is 3.23. The van der Waals surface area contributed by atoms with E-state index in [1.54, 1.807) is 30.3 Å². The normalized spacial score (nSPS) is 24.6. The lowest BCUT2D eigenvalue weighted by Crippen LogP contribution is -2.60. The molecule has 1 saturated heterocycles. The van der Waals surface area contributed by atoms with Crippen LogP contribution in [0.3, 0.4) is 0 Å². The van der Waals surface area contributed by atoms with Crippen LogP contribution in [-0.2, 0) is 23.8 Å². The molecule has 0 unspecified atom stereocenters.